The van der Waals surface area contributed by atoms with Gasteiger partial charge < -0.3 is 15.4 Å². The van der Waals surface area contributed by atoms with Crippen LogP contribution in [0.25, 0.3) is 0 Å². The van der Waals surface area contributed by atoms with E-state index in [-0.39, 0.29) is 11.8 Å². The topological polar surface area (TPSA) is 67.4 Å². The maximum absolute atomic E-state index is 12.4. The highest BCUT2D eigenvalue weighted by Crippen LogP contribution is 2.16. The van der Waals surface area contributed by atoms with E-state index in [0.717, 1.165) is 25.0 Å². The van der Waals surface area contributed by atoms with Crippen molar-refractivity contribution in [2.24, 2.45) is 0 Å². The molecule has 0 saturated carbocycles. The van der Waals surface area contributed by atoms with Gasteiger partial charge in [-0.1, -0.05) is 46.0 Å². The number of nitrogens with one attached hydrogen (secondary N) is 2. The standard InChI is InChI=1S/C25H34N2O3/c1-3-5-7-8-9-19-30-23-16-12-21(13-17-23)25(29)27-22-14-10-20(11-15-22)24(28)26-18-6-4-2/h10-17H,3-9,18-19H2,1-2H3,(H,26,28)(H,27,29). The first-order valence-electron chi connectivity index (χ1n) is 11.1. The zero-order chi connectivity index (χ0) is 21.6. The van der Waals surface area contributed by atoms with Gasteiger partial charge in [-0.15, -0.1) is 0 Å². The number of carbonyl (C=O) groups is 2. The van der Waals surface area contributed by atoms with Crippen LogP contribution in [0, 0.1) is 0 Å². The Balaban J connectivity index is 1.79. The highest BCUT2D eigenvalue weighted by molar-refractivity contribution is 6.04. The molecule has 0 radical (unpaired) electrons. The molecular formula is C25H34N2O3. The summed E-state index contributed by atoms with van der Waals surface area (Å²) in [5, 5.41) is 5.74. The molecule has 0 spiro atoms. The molecule has 0 aliphatic rings. The van der Waals surface area contributed by atoms with Gasteiger partial charge in [0.15, 0.2) is 0 Å². The van der Waals surface area contributed by atoms with E-state index in [2.05, 4.69) is 24.5 Å². The summed E-state index contributed by atoms with van der Waals surface area (Å²) in [6.07, 6.45) is 8.01. The van der Waals surface area contributed by atoms with Crippen LogP contribution in [0.3, 0.4) is 0 Å². The summed E-state index contributed by atoms with van der Waals surface area (Å²) in [6.45, 7) is 5.66. The van der Waals surface area contributed by atoms with Gasteiger partial charge in [-0.25, -0.2) is 0 Å². The van der Waals surface area contributed by atoms with E-state index in [1.807, 2.05) is 12.1 Å². The SMILES string of the molecule is CCCCCCCOc1ccc(C(=O)Nc2ccc(C(=O)NCCCC)cc2)cc1. The molecule has 0 unspecified atom stereocenters. The van der Waals surface area contributed by atoms with E-state index >= 15 is 0 Å². The maximum Gasteiger partial charge on any atom is 0.255 e. The first-order valence-corrected chi connectivity index (χ1v) is 11.1. The molecule has 2 aromatic carbocycles. The van der Waals surface area contributed by atoms with Crippen molar-refractivity contribution in [1.29, 1.82) is 0 Å². The number of hydrogen-bond acceptors (Lipinski definition) is 3. The molecule has 0 fully saturated rings. The van der Waals surface area contributed by atoms with Crippen LogP contribution < -0.4 is 15.4 Å². The second kappa shape index (κ2) is 13.4. The van der Waals surface area contributed by atoms with Gasteiger partial charge in [0.05, 0.1) is 6.61 Å². The predicted octanol–water partition coefficient (Wildman–Crippen LogP) is 5.82. The summed E-state index contributed by atoms with van der Waals surface area (Å²) in [5.74, 6) is 0.490. The molecular weight excluding hydrogens is 376 g/mol. The zero-order valence-corrected chi connectivity index (χ0v) is 18.2. The minimum Gasteiger partial charge on any atom is -0.494 e. The number of carbonyl (C=O) groups excluding carboxylic acids is 2. The van der Waals surface area contributed by atoms with Gasteiger partial charge in [0.25, 0.3) is 11.8 Å². The van der Waals surface area contributed by atoms with Crippen molar-refractivity contribution in [2.45, 2.75) is 58.8 Å². The van der Waals surface area contributed by atoms with Gasteiger partial charge in [-0.3, -0.25) is 9.59 Å². The highest BCUT2D eigenvalue weighted by atomic mass is 16.5. The Kier molecular flexibility index (Phi) is 10.5. The van der Waals surface area contributed by atoms with Crippen LogP contribution in [0.15, 0.2) is 48.5 Å². The second-order valence-electron chi connectivity index (χ2n) is 7.43. The van der Waals surface area contributed by atoms with Crippen molar-refractivity contribution in [3.8, 4) is 5.75 Å². The van der Waals surface area contributed by atoms with Gasteiger partial charge in [-0.05, 0) is 61.4 Å². The van der Waals surface area contributed by atoms with Crippen LogP contribution in [0.2, 0.25) is 0 Å². The lowest BCUT2D eigenvalue weighted by atomic mass is 10.1. The van der Waals surface area contributed by atoms with Crippen LogP contribution in [-0.4, -0.2) is 25.0 Å². The van der Waals surface area contributed by atoms with Crippen LogP contribution >= 0.6 is 0 Å². The Hall–Kier alpha value is -2.82. The Morgan fingerprint density at radius 3 is 2.00 bits per heavy atom. The monoisotopic (exact) mass is 410 g/mol. The number of hydrogen-bond donors (Lipinski definition) is 2. The average Bonchev–Trinajstić information content (AvgIpc) is 2.77. The minimum atomic E-state index is -0.193. The molecule has 30 heavy (non-hydrogen) atoms. The Morgan fingerprint density at radius 2 is 1.33 bits per heavy atom. The van der Waals surface area contributed by atoms with Crippen molar-refractivity contribution >= 4 is 17.5 Å². The third kappa shape index (κ3) is 8.27. The quantitative estimate of drug-likeness (QED) is 0.409. The summed E-state index contributed by atoms with van der Waals surface area (Å²) in [7, 11) is 0. The first-order chi connectivity index (χ1) is 14.6. The van der Waals surface area contributed by atoms with Crippen LogP contribution in [0.5, 0.6) is 5.75 Å². The molecule has 0 saturated heterocycles. The summed E-state index contributed by atoms with van der Waals surface area (Å²) in [5.41, 5.74) is 1.80. The number of unbranched alkanes of at least 4 members (excludes halogenated alkanes) is 5. The van der Waals surface area contributed by atoms with E-state index in [4.69, 9.17) is 4.74 Å². The normalized spacial score (nSPS) is 10.5. The van der Waals surface area contributed by atoms with Crippen LogP contribution in [-0.2, 0) is 0 Å². The average molecular weight is 411 g/mol. The molecule has 2 aromatic rings. The van der Waals surface area contributed by atoms with Gasteiger partial charge >= 0.3 is 0 Å². The lowest BCUT2D eigenvalue weighted by Crippen LogP contribution is -2.24. The summed E-state index contributed by atoms with van der Waals surface area (Å²) >= 11 is 0. The summed E-state index contributed by atoms with van der Waals surface area (Å²) < 4.78 is 5.74. The smallest absolute Gasteiger partial charge is 0.255 e. The lowest BCUT2D eigenvalue weighted by molar-refractivity contribution is 0.0952. The summed E-state index contributed by atoms with van der Waals surface area (Å²) in [6, 6.07) is 14.1. The van der Waals surface area contributed by atoms with Crippen molar-refractivity contribution < 1.29 is 14.3 Å². The fourth-order valence-corrected chi connectivity index (χ4v) is 2.99. The molecule has 2 rings (SSSR count). The molecule has 0 bridgehead atoms. The molecule has 2 amide bonds. The fraction of sp³-hybridized carbons (Fsp3) is 0.440. The van der Waals surface area contributed by atoms with Crippen molar-refractivity contribution in [1.82, 2.24) is 5.32 Å². The van der Waals surface area contributed by atoms with Crippen molar-refractivity contribution in [3.05, 3.63) is 59.7 Å². The number of anilines is 1. The van der Waals surface area contributed by atoms with Crippen LogP contribution in [0.4, 0.5) is 5.69 Å². The van der Waals surface area contributed by atoms with E-state index < -0.39 is 0 Å². The molecule has 2 N–H and O–H groups in total. The molecule has 162 valence electrons. The molecule has 0 atom stereocenters. The van der Waals surface area contributed by atoms with Gasteiger partial charge in [0.1, 0.15) is 5.75 Å². The Bertz CT molecular complexity index is 770. The number of rotatable bonds is 13. The Morgan fingerprint density at radius 1 is 0.733 bits per heavy atom. The van der Waals surface area contributed by atoms with Gasteiger partial charge in [0.2, 0.25) is 0 Å². The van der Waals surface area contributed by atoms with E-state index in [1.165, 1.54) is 25.7 Å². The van der Waals surface area contributed by atoms with Crippen molar-refractivity contribution in [2.75, 3.05) is 18.5 Å². The Labute approximate surface area is 180 Å². The van der Waals surface area contributed by atoms with Gasteiger partial charge in [0, 0.05) is 23.4 Å². The molecule has 0 aromatic heterocycles. The largest absolute Gasteiger partial charge is 0.494 e. The minimum absolute atomic E-state index is 0.0951. The van der Waals surface area contributed by atoms with E-state index in [0.29, 0.717) is 30.0 Å². The molecule has 0 aliphatic heterocycles. The number of ether oxygens (including phenoxy) is 1. The molecule has 0 heterocycles. The molecule has 5 heteroatoms. The number of amides is 2. The molecule has 0 aliphatic carbocycles. The van der Waals surface area contributed by atoms with Crippen molar-refractivity contribution in [3.63, 3.8) is 0 Å². The second-order valence-corrected chi connectivity index (χ2v) is 7.43. The van der Waals surface area contributed by atoms with E-state index in [9.17, 15) is 9.59 Å². The predicted molar refractivity (Wildman–Crippen MR) is 122 cm³/mol. The number of benzene rings is 2. The highest BCUT2D eigenvalue weighted by Gasteiger charge is 2.08. The maximum atomic E-state index is 12.4. The molecule has 5 nitrogen and oxygen atoms in total. The van der Waals surface area contributed by atoms with Crippen LogP contribution in [0.1, 0.15) is 79.5 Å². The fourth-order valence-electron chi connectivity index (χ4n) is 2.99. The van der Waals surface area contributed by atoms with Gasteiger partial charge in [-0.2, -0.15) is 0 Å². The summed E-state index contributed by atoms with van der Waals surface area (Å²) in [4.78, 5) is 24.5. The van der Waals surface area contributed by atoms with E-state index in [1.54, 1.807) is 36.4 Å². The zero-order valence-electron chi connectivity index (χ0n) is 18.2. The first kappa shape index (κ1) is 23.5. The lowest BCUT2D eigenvalue weighted by Gasteiger charge is -2.09. The third-order valence-electron chi connectivity index (χ3n) is 4.85. The third-order valence-corrected chi connectivity index (χ3v) is 4.85.